The lowest BCUT2D eigenvalue weighted by atomic mass is 10.1. The Kier molecular flexibility index (Phi) is 4.77. The molecule has 2 aromatic rings. The normalized spacial score (nSPS) is 14.6. The van der Waals surface area contributed by atoms with Gasteiger partial charge in [-0.15, -0.1) is 0 Å². The average Bonchev–Trinajstić information content (AvgIpc) is 2.56. The van der Waals surface area contributed by atoms with Crippen LogP contribution in [0.2, 0.25) is 5.02 Å². The summed E-state index contributed by atoms with van der Waals surface area (Å²) in [6.07, 6.45) is 1.06. The number of halogens is 1. The molecule has 1 aromatic heterocycles. The highest BCUT2D eigenvalue weighted by molar-refractivity contribution is 6.32. The number of pyridine rings is 1. The number of aliphatic hydroxyl groups excluding tert-OH is 1. The molecule has 0 fully saturated rings. The molecule has 5 nitrogen and oxygen atoms in total. The van der Waals surface area contributed by atoms with Gasteiger partial charge in [-0.05, 0) is 29.8 Å². The van der Waals surface area contributed by atoms with Gasteiger partial charge in [0.1, 0.15) is 13.2 Å². The first kappa shape index (κ1) is 15.1. The first-order valence-corrected chi connectivity index (χ1v) is 7.49. The van der Waals surface area contributed by atoms with E-state index in [1.165, 1.54) is 0 Å². The first-order valence-electron chi connectivity index (χ1n) is 7.12. The minimum Gasteiger partial charge on any atom is -0.486 e. The maximum atomic E-state index is 10.3. The van der Waals surface area contributed by atoms with E-state index < -0.39 is 6.10 Å². The summed E-state index contributed by atoms with van der Waals surface area (Å²) in [5.74, 6) is 1.13. The molecule has 2 N–H and O–H groups in total. The zero-order chi connectivity index (χ0) is 15.4. The van der Waals surface area contributed by atoms with E-state index in [-0.39, 0.29) is 0 Å². The maximum Gasteiger partial charge on any atom is 0.179 e. The van der Waals surface area contributed by atoms with Gasteiger partial charge in [-0.2, -0.15) is 0 Å². The third-order valence-electron chi connectivity index (χ3n) is 3.37. The summed E-state index contributed by atoms with van der Waals surface area (Å²) in [4.78, 5) is 4.22. The molecular weight excluding hydrogens is 304 g/mol. The number of aliphatic hydroxyl groups is 1. The Hall–Kier alpha value is -1.82. The van der Waals surface area contributed by atoms with Crippen molar-refractivity contribution in [3.8, 4) is 11.5 Å². The fraction of sp³-hybridized carbons (Fsp3) is 0.312. The van der Waals surface area contributed by atoms with Gasteiger partial charge >= 0.3 is 0 Å². The minimum atomic E-state index is -0.683. The van der Waals surface area contributed by atoms with Crippen LogP contribution >= 0.6 is 11.6 Å². The molecule has 0 amide bonds. The highest BCUT2D eigenvalue weighted by Crippen LogP contribution is 2.39. The molecule has 0 saturated carbocycles. The van der Waals surface area contributed by atoms with Gasteiger partial charge in [-0.1, -0.05) is 17.7 Å². The van der Waals surface area contributed by atoms with Gasteiger partial charge in [0.25, 0.3) is 0 Å². The molecular formula is C16H17ClN2O3. The number of nitrogens with one attached hydrogen (secondary N) is 1. The summed E-state index contributed by atoms with van der Waals surface area (Å²) < 4.78 is 11.0. The predicted molar refractivity (Wildman–Crippen MR) is 83.3 cm³/mol. The zero-order valence-electron chi connectivity index (χ0n) is 12.0. The molecule has 2 heterocycles. The molecule has 22 heavy (non-hydrogen) atoms. The van der Waals surface area contributed by atoms with Crippen LogP contribution in [0.5, 0.6) is 11.5 Å². The molecule has 1 aromatic carbocycles. The van der Waals surface area contributed by atoms with Gasteiger partial charge in [0.05, 0.1) is 16.8 Å². The van der Waals surface area contributed by atoms with E-state index in [4.69, 9.17) is 21.1 Å². The average molecular weight is 321 g/mol. The van der Waals surface area contributed by atoms with Crippen LogP contribution < -0.4 is 14.8 Å². The van der Waals surface area contributed by atoms with E-state index in [0.717, 1.165) is 5.69 Å². The van der Waals surface area contributed by atoms with E-state index in [1.807, 2.05) is 18.2 Å². The second-order valence-electron chi connectivity index (χ2n) is 4.99. The number of nitrogens with zero attached hydrogens (tertiary/aromatic N) is 1. The molecule has 0 aliphatic carbocycles. The number of fused-ring (bicyclic) bond motifs is 1. The van der Waals surface area contributed by atoms with Crippen LogP contribution in [0.15, 0.2) is 36.5 Å². The molecule has 0 spiro atoms. The molecule has 0 bridgehead atoms. The van der Waals surface area contributed by atoms with Gasteiger partial charge in [0.15, 0.2) is 11.5 Å². The second kappa shape index (κ2) is 6.96. The van der Waals surface area contributed by atoms with E-state index in [2.05, 4.69) is 10.3 Å². The third kappa shape index (κ3) is 3.50. The summed E-state index contributed by atoms with van der Waals surface area (Å²) in [5, 5.41) is 13.9. The summed E-state index contributed by atoms with van der Waals surface area (Å²) in [6, 6.07) is 9.21. The monoisotopic (exact) mass is 320 g/mol. The van der Waals surface area contributed by atoms with E-state index in [9.17, 15) is 5.11 Å². The summed E-state index contributed by atoms with van der Waals surface area (Å²) in [6.45, 7) is 1.96. The number of hydrogen-bond acceptors (Lipinski definition) is 5. The summed E-state index contributed by atoms with van der Waals surface area (Å²) in [7, 11) is 0. The van der Waals surface area contributed by atoms with Crippen molar-refractivity contribution in [2.45, 2.75) is 12.6 Å². The van der Waals surface area contributed by atoms with Crippen molar-refractivity contribution in [2.24, 2.45) is 0 Å². The molecule has 0 saturated heterocycles. The lowest BCUT2D eigenvalue weighted by molar-refractivity contribution is 0.163. The Morgan fingerprint density at radius 3 is 2.95 bits per heavy atom. The van der Waals surface area contributed by atoms with Gasteiger partial charge in [0.2, 0.25) is 0 Å². The Morgan fingerprint density at radius 2 is 2.14 bits per heavy atom. The van der Waals surface area contributed by atoms with E-state index in [1.54, 1.807) is 18.3 Å². The van der Waals surface area contributed by atoms with Crippen molar-refractivity contribution in [3.63, 3.8) is 0 Å². The second-order valence-corrected chi connectivity index (χ2v) is 5.40. The first-order chi connectivity index (χ1) is 10.7. The van der Waals surface area contributed by atoms with Crippen LogP contribution in [0.1, 0.15) is 17.4 Å². The molecule has 3 rings (SSSR count). The van der Waals surface area contributed by atoms with Gasteiger partial charge in [0, 0.05) is 19.3 Å². The molecule has 1 aliphatic heterocycles. The van der Waals surface area contributed by atoms with E-state index in [0.29, 0.717) is 48.4 Å². The molecule has 0 radical (unpaired) electrons. The van der Waals surface area contributed by atoms with Crippen molar-refractivity contribution >= 4 is 11.6 Å². The SMILES string of the molecule is OC(CNCc1ccccn1)c1cc(Cl)c2c(c1)OCCO2. The van der Waals surface area contributed by atoms with Crippen LogP contribution in [0.3, 0.4) is 0 Å². The lowest BCUT2D eigenvalue weighted by Crippen LogP contribution is -2.22. The quantitative estimate of drug-likeness (QED) is 0.885. The van der Waals surface area contributed by atoms with Crippen molar-refractivity contribution < 1.29 is 14.6 Å². The molecule has 1 aliphatic rings. The number of ether oxygens (including phenoxy) is 2. The number of hydrogen-bond donors (Lipinski definition) is 2. The Labute approximate surface area is 133 Å². The Morgan fingerprint density at radius 1 is 1.27 bits per heavy atom. The van der Waals surface area contributed by atoms with Crippen LogP contribution in [-0.2, 0) is 6.54 Å². The highest BCUT2D eigenvalue weighted by atomic mass is 35.5. The van der Waals surface area contributed by atoms with Crippen LogP contribution in [0.4, 0.5) is 0 Å². The van der Waals surface area contributed by atoms with Gasteiger partial charge in [-0.25, -0.2) is 0 Å². The maximum absolute atomic E-state index is 10.3. The van der Waals surface area contributed by atoms with Crippen molar-refractivity contribution in [1.29, 1.82) is 0 Å². The lowest BCUT2D eigenvalue weighted by Gasteiger charge is -2.21. The highest BCUT2D eigenvalue weighted by Gasteiger charge is 2.19. The topological polar surface area (TPSA) is 63.6 Å². The summed E-state index contributed by atoms with van der Waals surface area (Å²) in [5.41, 5.74) is 1.62. The smallest absolute Gasteiger partial charge is 0.179 e. The van der Waals surface area contributed by atoms with Crippen LogP contribution in [0.25, 0.3) is 0 Å². The van der Waals surface area contributed by atoms with Crippen LogP contribution in [0, 0.1) is 0 Å². The number of aromatic nitrogens is 1. The fourth-order valence-corrected chi connectivity index (χ4v) is 2.55. The predicted octanol–water partition coefficient (Wildman–Crippen LogP) is 2.33. The minimum absolute atomic E-state index is 0.395. The largest absolute Gasteiger partial charge is 0.486 e. The molecule has 6 heteroatoms. The summed E-state index contributed by atoms with van der Waals surface area (Å²) >= 11 is 6.17. The van der Waals surface area contributed by atoms with Crippen molar-refractivity contribution in [1.82, 2.24) is 10.3 Å². The van der Waals surface area contributed by atoms with Gasteiger partial charge < -0.3 is 19.9 Å². The Bertz CT molecular complexity index is 637. The van der Waals surface area contributed by atoms with Gasteiger partial charge in [-0.3, -0.25) is 4.98 Å². The van der Waals surface area contributed by atoms with Crippen molar-refractivity contribution in [2.75, 3.05) is 19.8 Å². The third-order valence-corrected chi connectivity index (χ3v) is 3.65. The van der Waals surface area contributed by atoms with Crippen molar-refractivity contribution in [3.05, 3.63) is 52.8 Å². The molecule has 1 unspecified atom stereocenters. The number of rotatable bonds is 5. The standard InChI is InChI=1S/C16H17ClN2O3/c17-13-7-11(8-15-16(13)22-6-5-21-15)14(20)10-18-9-12-3-1-2-4-19-12/h1-4,7-8,14,18,20H,5-6,9-10H2. The fourth-order valence-electron chi connectivity index (χ4n) is 2.28. The molecule has 116 valence electrons. The zero-order valence-corrected chi connectivity index (χ0v) is 12.7. The number of benzene rings is 1. The molecule has 1 atom stereocenters. The Balaban J connectivity index is 1.62. The van der Waals surface area contributed by atoms with E-state index >= 15 is 0 Å². The van der Waals surface area contributed by atoms with Crippen LogP contribution in [-0.4, -0.2) is 29.8 Å².